The Morgan fingerprint density at radius 2 is 1.24 bits per heavy atom. The molecule has 2 aliphatic heterocycles. The van der Waals surface area contributed by atoms with Crippen LogP contribution in [-0.4, -0.2) is 75.4 Å². The van der Waals surface area contributed by atoms with E-state index < -0.39 is 10.0 Å². The summed E-state index contributed by atoms with van der Waals surface area (Å²) in [4.78, 5) is 4.48. The lowest BCUT2D eigenvalue weighted by molar-refractivity contribution is 0.122. The summed E-state index contributed by atoms with van der Waals surface area (Å²) in [6.07, 6.45) is 0. The number of rotatable bonds is 6. The monoisotopic (exact) mass is 481 g/mol. The summed E-state index contributed by atoms with van der Waals surface area (Å²) in [5.74, 6) is 2.90. The Kier molecular flexibility index (Phi) is 6.61. The van der Waals surface area contributed by atoms with Crippen LogP contribution in [0.25, 0.3) is 0 Å². The van der Waals surface area contributed by atoms with Crippen LogP contribution in [-0.2, 0) is 14.8 Å². The molecule has 10 heteroatoms. The minimum Gasteiger partial charge on any atom is -0.457 e. The number of ether oxygens (including phenoxy) is 2. The van der Waals surface area contributed by atoms with E-state index in [1.165, 1.54) is 4.31 Å². The minimum atomic E-state index is -3.58. The molecule has 9 nitrogen and oxygen atoms in total. The van der Waals surface area contributed by atoms with E-state index in [-0.39, 0.29) is 4.90 Å². The molecular weight excluding hydrogens is 454 g/mol. The average molecular weight is 482 g/mol. The first kappa shape index (κ1) is 22.6. The van der Waals surface area contributed by atoms with Crippen molar-refractivity contribution in [3.8, 4) is 11.5 Å². The Balaban J connectivity index is 1.19. The fourth-order valence-electron chi connectivity index (χ4n) is 4.06. The Bertz CT molecular complexity index is 1180. The summed E-state index contributed by atoms with van der Waals surface area (Å²) in [5.41, 5.74) is 0. The van der Waals surface area contributed by atoms with Gasteiger partial charge in [-0.2, -0.15) is 4.31 Å². The van der Waals surface area contributed by atoms with Crippen LogP contribution in [0.4, 0.5) is 11.6 Å². The first-order valence-corrected chi connectivity index (χ1v) is 12.8. The van der Waals surface area contributed by atoms with Crippen molar-refractivity contribution in [2.45, 2.75) is 4.90 Å². The van der Waals surface area contributed by atoms with Gasteiger partial charge in [0.25, 0.3) is 0 Å². The summed E-state index contributed by atoms with van der Waals surface area (Å²) in [6.45, 7) is 4.90. The van der Waals surface area contributed by atoms with Crippen LogP contribution in [0.1, 0.15) is 0 Å². The molecule has 0 bridgehead atoms. The maximum Gasteiger partial charge on any atom is 0.243 e. The molecule has 0 aliphatic carbocycles. The molecule has 3 heterocycles. The Labute approximate surface area is 199 Å². The van der Waals surface area contributed by atoms with Crippen LogP contribution in [0.5, 0.6) is 11.5 Å². The van der Waals surface area contributed by atoms with Gasteiger partial charge in [-0.3, -0.25) is 0 Å². The van der Waals surface area contributed by atoms with E-state index in [9.17, 15) is 8.42 Å². The summed E-state index contributed by atoms with van der Waals surface area (Å²) in [6, 6.07) is 19.9. The van der Waals surface area contributed by atoms with E-state index in [2.05, 4.69) is 20.0 Å². The topological polar surface area (TPSA) is 88.1 Å². The van der Waals surface area contributed by atoms with Gasteiger partial charge in [0.15, 0.2) is 11.6 Å². The third-order valence-corrected chi connectivity index (χ3v) is 7.89. The van der Waals surface area contributed by atoms with E-state index in [0.29, 0.717) is 50.9 Å². The molecule has 0 radical (unpaired) electrons. The van der Waals surface area contributed by atoms with Gasteiger partial charge in [-0.05, 0) is 48.5 Å². The van der Waals surface area contributed by atoms with Gasteiger partial charge >= 0.3 is 0 Å². The second kappa shape index (κ2) is 9.96. The van der Waals surface area contributed by atoms with Gasteiger partial charge < -0.3 is 19.3 Å². The highest BCUT2D eigenvalue weighted by Gasteiger charge is 2.29. The zero-order valence-electron chi connectivity index (χ0n) is 18.8. The lowest BCUT2D eigenvalue weighted by Gasteiger charge is -2.34. The lowest BCUT2D eigenvalue weighted by Crippen LogP contribution is -2.49. The summed E-state index contributed by atoms with van der Waals surface area (Å²) < 4.78 is 39.0. The second-order valence-corrected chi connectivity index (χ2v) is 10.1. The third-order valence-electron chi connectivity index (χ3n) is 5.97. The molecule has 0 atom stereocenters. The van der Waals surface area contributed by atoms with Crippen LogP contribution in [0.3, 0.4) is 0 Å². The van der Waals surface area contributed by atoms with Crippen LogP contribution >= 0.6 is 0 Å². The predicted molar refractivity (Wildman–Crippen MR) is 129 cm³/mol. The largest absolute Gasteiger partial charge is 0.457 e. The highest BCUT2D eigenvalue weighted by molar-refractivity contribution is 7.89. The van der Waals surface area contributed by atoms with Crippen molar-refractivity contribution in [3.05, 3.63) is 66.7 Å². The molecule has 0 spiro atoms. The second-order valence-electron chi connectivity index (χ2n) is 8.13. The van der Waals surface area contributed by atoms with Crippen LogP contribution in [0.2, 0.25) is 0 Å². The van der Waals surface area contributed by atoms with Gasteiger partial charge in [0, 0.05) is 39.3 Å². The molecular formula is C24H27N5O4S. The van der Waals surface area contributed by atoms with E-state index in [4.69, 9.17) is 9.47 Å². The van der Waals surface area contributed by atoms with Crippen LogP contribution in [0, 0.1) is 0 Å². The van der Waals surface area contributed by atoms with E-state index >= 15 is 0 Å². The SMILES string of the molecule is O=S(=O)(c1ccc(Oc2ccccc2)cc1)N1CCN(c2ccc(N3CCOCC3)nn2)CC1. The van der Waals surface area contributed by atoms with E-state index in [1.54, 1.807) is 24.3 Å². The van der Waals surface area contributed by atoms with Gasteiger partial charge in [-0.15, -0.1) is 10.2 Å². The van der Waals surface area contributed by atoms with Crippen molar-refractivity contribution in [1.82, 2.24) is 14.5 Å². The number of hydrogen-bond acceptors (Lipinski definition) is 8. The Morgan fingerprint density at radius 1 is 0.676 bits per heavy atom. The molecule has 1 aromatic heterocycles. The van der Waals surface area contributed by atoms with Crippen molar-refractivity contribution in [2.24, 2.45) is 0 Å². The molecule has 0 N–H and O–H groups in total. The van der Waals surface area contributed by atoms with Crippen LogP contribution < -0.4 is 14.5 Å². The van der Waals surface area contributed by atoms with Gasteiger partial charge in [0.1, 0.15) is 11.5 Å². The van der Waals surface area contributed by atoms with Gasteiger partial charge in [0.05, 0.1) is 18.1 Å². The molecule has 3 aromatic rings. The number of nitrogens with zero attached hydrogens (tertiary/aromatic N) is 5. The fraction of sp³-hybridized carbons (Fsp3) is 0.333. The maximum atomic E-state index is 13.1. The van der Waals surface area contributed by atoms with E-state index in [0.717, 1.165) is 24.7 Å². The number of para-hydroxylation sites is 1. The molecule has 2 fully saturated rings. The zero-order chi connectivity index (χ0) is 23.4. The van der Waals surface area contributed by atoms with Gasteiger partial charge in [-0.25, -0.2) is 8.42 Å². The van der Waals surface area contributed by atoms with Crippen molar-refractivity contribution in [2.75, 3.05) is 62.3 Å². The van der Waals surface area contributed by atoms with Crippen molar-refractivity contribution in [1.29, 1.82) is 0 Å². The normalized spacial score (nSPS) is 17.5. The van der Waals surface area contributed by atoms with Crippen molar-refractivity contribution < 1.29 is 17.9 Å². The number of sulfonamides is 1. The smallest absolute Gasteiger partial charge is 0.243 e. The molecule has 34 heavy (non-hydrogen) atoms. The first-order valence-electron chi connectivity index (χ1n) is 11.3. The number of aromatic nitrogens is 2. The average Bonchev–Trinajstić information content (AvgIpc) is 2.90. The number of piperazine rings is 1. The Morgan fingerprint density at radius 3 is 1.82 bits per heavy atom. The number of anilines is 2. The Hall–Kier alpha value is -3.21. The maximum absolute atomic E-state index is 13.1. The fourth-order valence-corrected chi connectivity index (χ4v) is 5.48. The number of benzene rings is 2. The standard InChI is InChI=1S/C24H27N5O4S/c30-34(31,22-8-6-21(7-9-22)33-20-4-2-1-3-5-20)29-14-12-27(13-15-29)23-10-11-24(26-25-23)28-16-18-32-19-17-28/h1-11H,12-19H2. The summed E-state index contributed by atoms with van der Waals surface area (Å²) in [7, 11) is -3.58. The molecule has 178 valence electrons. The number of morpholine rings is 1. The molecule has 0 amide bonds. The molecule has 2 aromatic carbocycles. The van der Waals surface area contributed by atoms with Crippen molar-refractivity contribution >= 4 is 21.7 Å². The molecule has 0 saturated carbocycles. The highest BCUT2D eigenvalue weighted by Crippen LogP contribution is 2.25. The van der Waals surface area contributed by atoms with Crippen molar-refractivity contribution in [3.63, 3.8) is 0 Å². The lowest BCUT2D eigenvalue weighted by atomic mass is 10.3. The number of hydrogen-bond donors (Lipinski definition) is 0. The first-order chi connectivity index (χ1) is 16.6. The molecule has 2 aliphatic rings. The summed E-state index contributed by atoms with van der Waals surface area (Å²) in [5, 5.41) is 8.74. The quantitative estimate of drug-likeness (QED) is 0.531. The van der Waals surface area contributed by atoms with Crippen LogP contribution in [0.15, 0.2) is 71.6 Å². The zero-order valence-corrected chi connectivity index (χ0v) is 19.6. The third kappa shape index (κ3) is 4.98. The molecule has 5 rings (SSSR count). The highest BCUT2D eigenvalue weighted by atomic mass is 32.2. The van der Waals surface area contributed by atoms with Gasteiger partial charge in [0.2, 0.25) is 10.0 Å². The minimum absolute atomic E-state index is 0.260. The molecule has 0 unspecified atom stereocenters. The van der Waals surface area contributed by atoms with E-state index in [1.807, 2.05) is 42.5 Å². The molecule has 2 saturated heterocycles. The van der Waals surface area contributed by atoms with Gasteiger partial charge in [-0.1, -0.05) is 18.2 Å². The predicted octanol–water partition coefficient (Wildman–Crippen LogP) is 2.62. The summed E-state index contributed by atoms with van der Waals surface area (Å²) >= 11 is 0.